The fourth-order valence-electron chi connectivity index (χ4n) is 3.37. The summed E-state index contributed by atoms with van der Waals surface area (Å²) < 4.78 is 38.9. The highest BCUT2D eigenvalue weighted by Gasteiger charge is 2.50. The molecule has 0 unspecified atom stereocenters. The number of hydrogen-bond acceptors (Lipinski definition) is 4. The van der Waals surface area contributed by atoms with E-state index in [4.69, 9.17) is 0 Å². The molecule has 25 heavy (non-hydrogen) atoms. The number of carbonyl (C=O) groups is 1. The summed E-state index contributed by atoms with van der Waals surface area (Å²) in [5.41, 5.74) is -1.09. The summed E-state index contributed by atoms with van der Waals surface area (Å²) in [7, 11) is 0. The second-order valence-electron chi connectivity index (χ2n) is 6.67. The van der Waals surface area contributed by atoms with Gasteiger partial charge in [0.25, 0.3) is 0 Å². The zero-order chi connectivity index (χ0) is 18.1. The quantitative estimate of drug-likeness (QED) is 0.879. The molecule has 1 N–H and O–H groups in total. The number of carbonyl (C=O) groups excluding carboxylic acids is 1. The molecule has 1 aromatic rings. The molecule has 1 amide bonds. The molecule has 1 saturated heterocycles. The van der Waals surface area contributed by atoms with Crippen molar-refractivity contribution in [3.8, 4) is 0 Å². The van der Waals surface area contributed by atoms with Gasteiger partial charge in [-0.1, -0.05) is 13.0 Å². The maximum Gasteiger partial charge on any atom is 0.433 e. The van der Waals surface area contributed by atoms with Gasteiger partial charge in [-0.2, -0.15) is 13.2 Å². The fourth-order valence-corrected chi connectivity index (χ4v) is 3.37. The summed E-state index contributed by atoms with van der Waals surface area (Å²) in [5.74, 6) is -0.115. The molecule has 0 radical (unpaired) electrons. The summed E-state index contributed by atoms with van der Waals surface area (Å²) >= 11 is 0. The highest BCUT2D eigenvalue weighted by Crippen LogP contribution is 2.43. The Balaban J connectivity index is 1.85. The van der Waals surface area contributed by atoms with Crippen LogP contribution in [0.25, 0.3) is 0 Å². The third kappa shape index (κ3) is 3.95. The molecule has 0 bridgehead atoms. The van der Waals surface area contributed by atoms with E-state index in [0.29, 0.717) is 6.54 Å². The van der Waals surface area contributed by atoms with Crippen LogP contribution in [0.3, 0.4) is 0 Å². The van der Waals surface area contributed by atoms with Crippen LogP contribution in [-0.4, -0.2) is 54.1 Å². The zero-order valence-electron chi connectivity index (χ0n) is 14.3. The van der Waals surface area contributed by atoms with Crippen molar-refractivity contribution in [2.75, 3.05) is 37.6 Å². The second kappa shape index (κ2) is 6.92. The Kier molecular flexibility index (Phi) is 5.02. The number of halogens is 3. The number of alkyl halides is 3. The van der Waals surface area contributed by atoms with Gasteiger partial charge in [0.1, 0.15) is 11.5 Å². The van der Waals surface area contributed by atoms with Crippen molar-refractivity contribution >= 4 is 11.7 Å². The SMILES string of the molecule is CCC(=O)N(CC1(N2CCNCC2)CC1)c1cccc(C(F)(F)F)n1. The smallest absolute Gasteiger partial charge is 0.314 e. The molecule has 5 nitrogen and oxygen atoms in total. The van der Waals surface area contributed by atoms with E-state index < -0.39 is 11.9 Å². The molecule has 1 aliphatic heterocycles. The number of nitrogens with zero attached hydrogens (tertiary/aromatic N) is 3. The van der Waals surface area contributed by atoms with Crippen LogP contribution in [0.15, 0.2) is 18.2 Å². The van der Waals surface area contributed by atoms with Crippen LogP contribution in [0.2, 0.25) is 0 Å². The minimum Gasteiger partial charge on any atom is -0.314 e. The first-order chi connectivity index (χ1) is 11.9. The number of amides is 1. The van der Waals surface area contributed by atoms with E-state index in [0.717, 1.165) is 45.1 Å². The molecule has 8 heteroatoms. The van der Waals surface area contributed by atoms with Crippen LogP contribution >= 0.6 is 0 Å². The van der Waals surface area contributed by atoms with Gasteiger partial charge in [-0.3, -0.25) is 14.6 Å². The standard InChI is InChI=1S/C17H23F3N4O/c1-2-15(25)24(14-5-3-4-13(22-14)17(18,19)20)12-16(6-7-16)23-10-8-21-9-11-23/h3-5,21H,2,6-12H2,1H3. The van der Waals surface area contributed by atoms with Gasteiger partial charge in [0.05, 0.1) is 0 Å². The van der Waals surface area contributed by atoms with Crippen molar-refractivity contribution < 1.29 is 18.0 Å². The molecule has 2 aliphatic rings. The normalized spacial score (nSPS) is 20.3. The number of aromatic nitrogens is 1. The maximum absolute atomic E-state index is 13.0. The van der Waals surface area contributed by atoms with Crippen molar-refractivity contribution in [3.63, 3.8) is 0 Å². The monoisotopic (exact) mass is 356 g/mol. The number of anilines is 1. The third-order valence-corrected chi connectivity index (χ3v) is 4.97. The first-order valence-corrected chi connectivity index (χ1v) is 8.66. The lowest BCUT2D eigenvalue weighted by Crippen LogP contribution is -2.54. The lowest BCUT2D eigenvalue weighted by molar-refractivity contribution is -0.141. The minimum absolute atomic E-state index is 0.0862. The van der Waals surface area contributed by atoms with Crippen molar-refractivity contribution in [2.45, 2.75) is 37.9 Å². The highest BCUT2D eigenvalue weighted by molar-refractivity contribution is 5.92. The largest absolute Gasteiger partial charge is 0.433 e. The third-order valence-electron chi connectivity index (χ3n) is 4.97. The van der Waals surface area contributed by atoms with E-state index in [9.17, 15) is 18.0 Å². The predicted octanol–water partition coefficient (Wildman–Crippen LogP) is 2.28. The highest BCUT2D eigenvalue weighted by atomic mass is 19.4. The molecular weight excluding hydrogens is 333 g/mol. The summed E-state index contributed by atoms with van der Waals surface area (Å²) in [6.07, 6.45) is -2.37. The zero-order valence-corrected chi connectivity index (χ0v) is 14.3. The van der Waals surface area contributed by atoms with Gasteiger partial charge in [0.2, 0.25) is 5.91 Å². The molecule has 0 spiro atoms. The minimum atomic E-state index is -4.52. The molecule has 2 heterocycles. The molecule has 1 aliphatic carbocycles. The van der Waals surface area contributed by atoms with Crippen LogP contribution in [-0.2, 0) is 11.0 Å². The molecule has 0 atom stereocenters. The second-order valence-corrected chi connectivity index (χ2v) is 6.67. The van der Waals surface area contributed by atoms with E-state index in [1.54, 1.807) is 6.92 Å². The average Bonchev–Trinajstić information content (AvgIpc) is 3.40. The molecule has 2 fully saturated rings. The average molecular weight is 356 g/mol. The van der Waals surface area contributed by atoms with E-state index in [-0.39, 0.29) is 23.7 Å². The van der Waals surface area contributed by atoms with Crippen LogP contribution in [0.4, 0.5) is 19.0 Å². The van der Waals surface area contributed by atoms with Gasteiger partial charge in [-0.15, -0.1) is 0 Å². The topological polar surface area (TPSA) is 48.5 Å². The lowest BCUT2D eigenvalue weighted by atomic mass is 10.1. The summed E-state index contributed by atoms with van der Waals surface area (Å²) in [4.78, 5) is 19.9. The number of hydrogen-bond donors (Lipinski definition) is 1. The van der Waals surface area contributed by atoms with E-state index in [1.165, 1.54) is 17.0 Å². The Labute approximate surface area is 145 Å². The first kappa shape index (κ1) is 18.1. The lowest BCUT2D eigenvalue weighted by Gasteiger charge is -2.38. The van der Waals surface area contributed by atoms with Gasteiger partial charge in [-0.25, -0.2) is 4.98 Å². The first-order valence-electron chi connectivity index (χ1n) is 8.66. The Morgan fingerprint density at radius 2 is 2.00 bits per heavy atom. The summed E-state index contributed by atoms with van der Waals surface area (Å²) in [6, 6.07) is 3.73. The van der Waals surface area contributed by atoms with Gasteiger partial charge < -0.3 is 5.32 Å². The van der Waals surface area contributed by atoms with Gasteiger partial charge in [-0.05, 0) is 25.0 Å². The summed E-state index contributed by atoms with van der Waals surface area (Å²) in [6.45, 7) is 5.69. The Bertz CT molecular complexity index is 625. The van der Waals surface area contributed by atoms with E-state index in [1.807, 2.05) is 0 Å². The summed E-state index contributed by atoms with van der Waals surface area (Å²) in [5, 5.41) is 3.30. The Hall–Kier alpha value is -1.67. The van der Waals surface area contributed by atoms with Crippen LogP contribution in [0.5, 0.6) is 0 Å². The van der Waals surface area contributed by atoms with E-state index in [2.05, 4.69) is 15.2 Å². The molecule has 1 aromatic heterocycles. The number of piperazine rings is 1. The molecule has 138 valence electrons. The molecule has 3 rings (SSSR count). The fraction of sp³-hybridized carbons (Fsp3) is 0.647. The van der Waals surface area contributed by atoms with Crippen LogP contribution in [0, 0.1) is 0 Å². The van der Waals surface area contributed by atoms with Gasteiger partial charge in [0.15, 0.2) is 0 Å². The van der Waals surface area contributed by atoms with Crippen molar-refractivity contribution in [3.05, 3.63) is 23.9 Å². The van der Waals surface area contributed by atoms with E-state index >= 15 is 0 Å². The molecule has 1 saturated carbocycles. The predicted molar refractivity (Wildman–Crippen MR) is 88.3 cm³/mol. The van der Waals surface area contributed by atoms with Gasteiger partial charge in [0, 0.05) is 44.7 Å². The number of pyridine rings is 1. The van der Waals surface area contributed by atoms with Crippen LogP contribution < -0.4 is 10.2 Å². The van der Waals surface area contributed by atoms with Crippen LogP contribution in [0.1, 0.15) is 31.9 Å². The molecular formula is C17H23F3N4O. The number of rotatable bonds is 5. The number of nitrogens with one attached hydrogen (secondary N) is 1. The van der Waals surface area contributed by atoms with Crippen molar-refractivity contribution in [1.82, 2.24) is 15.2 Å². The Morgan fingerprint density at radius 1 is 1.32 bits per heavy atom. The van der Waals surface area contributed by atoms with Gasteiger partial charge >= 0.3 is 6.18 Å². The maximum atomic E-state index is 13.0. The molecule has 0 aromatic carbocycles. The van der Waals surface area contributed by atoms with Crippen molar-refractivity contribution in [1.29, 1.82) is 0 Å². The Morgan fingerprint density at radius 3 is 2.56 bits per heavy atom. The van der Waals surface area contributed by atoms with Crippen molar-refractivity contribution in [2.24, 2.45) is 0 Å².